The molecule has 1 aromatic heterocycles. The van der Waals surface area contributed by atoms with E-state index >= 15 is 0 Å². The number of nitrogens with zero attached hydrogens (tertiary/aromatic N) is 4. The summed E-state index contributed by atoms with van der Waals surface area (Å²) in [5, 5.41) is 34.4. The highest BCUT2D eigenvalue weighted by Crippen LogP contribution is 2.30. The van der Waals surface area contributed by atoms with Gasteiger partial charge in [-0.2, -0.15) is 10.2 Å². The zero-order valence-corrected chi connectivity index (χ0v) is 20.6. The lowest BCUT2D eigenvalue weighted by Gasteiger charge is -2.25. The number of carbonyl (C=O) groups is 2. The number of aromatic hydroxyl groups is 1. The number of benzene rings is 2. The van der Waals surface area contributed by atoms with Crippen molar-refractivity contribution in [3.8, 4) is 23.2 Å². The van der Waals surface area contributed by atoms with E-state index in [4.69, 9.17) is 14.5 Å². The first-order chi connectivity index (χ1) is 18.3. The van der Waals surface area contributed by atoms with Crippen LogP contribution in [0.25, 0.3) is 11.4 Å². The first kappa shape index (κ1) is 26.6. The average molecular weight is 524 g/mol. The largest absolute Gasteiger partial charge is 0.507 e. The van der Waals surface area contributed by atoms with Gasteiger partial charge in [-0.05, 0) is 56.0 Å². The van der Waals surface area contributed by atoms with Gasteiger partial charge in [-0.15, -0.1) is 0 Å². The lowest BCUT2D eigenvalue weighted by molar-refractivity contribution is 0.0946. The van der Waals surface area contributed by atoms with E-state index in [0.717, 1.165) is 37.1 Å². The summed E-state index contributed by atoms with van der Waals surface area (Å²) < 4.78 is 24.1. The van der Waals surface area contributed by atoms with E-state index in [9.17, 15) is 24.2 Å². The number of carbonyl (C=O) groups excluding carboxylic acids is 2. The molecule has 2 fully saturated rings. The van der Waals surface area contributed by atoms with Crippen LogP contribution in [0, 0.1) is 17.1 Å². The van der Waals surface area contributed by atoms with Gasteiger partial charge in [-0.25, -0.2) is 9.18 Å². The highest BCUT2D eigenvalue weighted by molar-refractivity contribution is 5.95. The van der Waals surface area contributed by atoms with Crippen LogP contribution in [0.15, 0.2) is 40.9 Å². The summed E-state index contributed by atoms with van der Waals surface area (Å²) in [7, 11) is 0. The van der Waals surface area contributed by atoms with Gasteiger partial charge in [0.05, 0.1) is 28.8 Å². The number of aliphatic hydroxyl groups is 1. The van der Waals surface area contributed by atoms with Crippen molar-refractivity contribution >= 4 is 12.0 Å². The molecule has 0 saturated carbocycles. The third-order valence-corrected chi connectivity index (χ3v) is 6.17. The third kappa shape index (κ3) is 6.07. The fraction of sp³-hybridized carbons (Fsp3) is 0.346. The molecule has 38 heavy (non-hydrogen) atoms. The Labute approximate surface area is 217 Å². The van der Waals surface area contributed by atoms with Crippen molar-refractivity contribution in [3.63, 3.8) is 0 Å². The number of piperidine rings is 1. The maximum absolute atomic E-state index is 14.4. The number of ether oxygens (including phenoxy) is 1. The van der Waals surface area contributed by atoms with Crippen molar-refractivity contribution in [2.24, 2.45) is 0 Å². The molecule has 2 aliphatic heterocycles. The number of phenolic OH excluding ortho intramolecular Hbond substituents is 1. The zero-order valence-electron chi connectivity index (χ0n) is 20.6. The van der Waals surface area contributed by atoms with Crippen molar-refractivity contribution < 1.29 is 33.5 Å². The van der Waals surface area contributed by atoms with Crippen molar-refractivity contribution in [1.82, 2.24) is 20.4 Å². The van der Waals surface area contributed by atoms with E-state index in [1.165, 1.54) is 13.3 Å². The Hall–Kier alpha value is -4.50. The zero-order chi connectivity index (χ0) is 27.2. The van der Waals surface area contributed by atoms with Gasteiger partial charge in [-0.3, -0.25) is 4.79 Å². The molecular formula is C26H26FN5O6. The van der Waals surface area contributed by atoms with Gasteiger partial charge in [0.2, 0.25) is 5.82 Å². The van der Waals surface area contributed by atoms with Crippen LogP contribution in [0.5, 0.6) is 5.75 Å². The van der Waals surface area contributed by atoms with Gasteiger partial charge in [0.1, 0.15) is 24.3 Å². The Kier molecular flexibility index (Phi) is 8.18. The molecule has 11 nitrogen and oxygen atoms in total. The highest BCUT2D eigenvalue weighted by Gasteiger charge is 2.34. The van der Waals surface area contributed by atoms with Gasteiger partial charge < -0.3 is 29.7 Å². The number of aromatic nitrogens is 2. The molecule has 2 amide bonds. The molecule has 2 unspecified atom stereocenters. The summed E-state index contributed by atoms with van der Waals surface area (Å²) in [5.41, 5.74) is 0.791. The monoisotopic (exact) mass is 523 g/mol. The summed E-state index contributed by atoms with van der Waals surface area (Å²) >= 11 is 0. The van der Waals surface area contributed by atoms with Crippen LogP contribution in [0.3, 0.4) is 0 Å². The fourth-order valence-electron chi connectivity index (χ4n) is 4.07. The molecule has 3 N–H and O–H groups in total. The van der Waals surface area contributed by atoms with Crippen molar-refractivity contribution in [3.05, 3.63) is 64.8 Å². The van der Waals surface area contributed by atoms with Gasteiger partial charge >= 0.3 is 6.09 Å². The normalized spacial score (nSPS) is 16.9. The lowest BCUT2D eigenvalue weighted by Crippen LogP contribution is -2.37. The Bertz CT molecular complexity index is 1350. The van der Waals surface area contributed by atoms with Crippen LogP contribution in [-0.4, -0.2) is 56.4 Å². The summed E-state index contributed by atoms with van der Waals surface area (Å²) in [4.78, 5) is 28.9. The Morgan fingerprint density at radius 1 is 1.32 bits per heavy atom. The number of cyclic esters (lactones) is 1. The number of hydrogen-bond donors (Lipinski definition) is 3. The number of nitrogens with one attached hydrogen (secondary N) is 1. The van der Waals surface area contributed by atoms with Crippen LogP contribution < -0.4 is 5.32 Å². The molecule has 3 heterocycles. The maximum Gasteiger partial charge on any atom is 0.410 e. The van der Waals surface area contributed by atoms with E-state index < -0.39 is 23.6 Å². The van der Waals surface area contributed by atoms with Crippen LogP contribution >= 0.6 is 0 Å². The van der Waals surface area contributed by atoms with Gasteiger partial charge in [0.15, 0.2) is 0 Å². The number of aliphatic hydroxyl groups excluding tert-OH is 1. The SMILES string of the molecule is CC(O)c1nc(-c2cc(F)c(C(=O)NCc3ccc(C#N)cc3)cc2O)no1.O=C1OCC2CCCCN12. The molecule has 3 aromatic rings. The van der Waals surface area contributed by atoms with Gasteiger partial charge in [0.25, 0.3) is 11.8 Å². The van der Waals surface area contributed by atoms with E-state index in [2.05, 4.69) is 15.5 Å². The van der Waals surface area contributed by atoms with Crippen LogP contribution in [0.2, 0.25) is 0 Å². The number of fused-ring (bicyclic) bond motifs is 1. The Morgan fingerprint density at radius 2 is 2.08 bits per heavy atom. The molecule has 0 aliphatic carbocycles. The number of amides is 2. The van der Waals surface area contributed by atoms with E-state index in [1.807, 2.05) is 11.0 Å². The third-order valence-electron chi connectivity index (χ3n) is 6.17. The molecule has 12 heteroatoms. The molecule has 0 spiro atoms. The first-order valence-corrected chi connectivity index (χ1v) is 12.0. The summed E-state index contributed by atoms with van der Waals surface area (Å²) in [6, 6.07) is 10.8. The van der Waals surface area contributed by atoms with Crippen molar-refractivity contribution in [2.75, 3.05) is 13.2 Å². The smallest absolute Gasteiger partial charge is 0.410 e. The molecule has 2 aromatic carbocycles. The molecule has 5 rings (SSSR count). The molecule has 2 saturated heterocycles. The maximum atomic E-state index is 14.4. The standard InChI is InChI=1S/C19H15FN4O4.C7H11NO2/c1-10(25)19-23-17(24-28-19)14-6-15(20)13(7-16(14)26)18(27)22-9-12-4-2-11(8-21)3-5-12;9-7-8-4-2-1-3-6(8)5-10-7/h2-7,10,25-26H,9H2,1H3,(H,22,27);6H,1-5H2. The predicted octanol–water partition coefficient (Wildman–Crippen LogP) is 3.43. The highest BCUT2D eigenvalue weighted by atomic mass is 19.1. The summed E-state index contributed by atoms with van der Waals surface area (Å²) in [6.45, 7) is 3.07. The number of halogens is 1. The second-order valence-electron chi connectivity index (χ2n) is 8.89. The van der Waals surface area contributed by atoms with Gasteiger partial charge in [-0.1, -0.05) is 17.3 Å². The summed E-state index contributed by atoms with van der Waals surface area (Å²) in [6.07, 6.45) is 2.40. The number of nitriles is 1. The van der Waals surface area contributed by atoms with E-state index in [1.54, 1.807) is 24.3 Å². The minimum atomic E-state index is -1.01. The fourth-order valence-corrected chi connectivity index (χ4v) is 4.07. The molecule has 2 atom stereocenters. The summed E-state index contributed by atoms with van der Waals surface area (Å²) in [5.74, 6) is -2.21. The van der Waals surface area contributed by atoms with Crippen LogP contribution in [-0.2, 0) is 11.3 Å². The van der Waals surface area contributed by atoms with Crippen molar-refractivity contribution in [1.29, 1.82) is 5.26 Å². The minimum absolute atomic E-state index is 0.0724. The molecule has 0 radical (unpaired) electrons. The Balaban J connectivity index is 0.000000278. The molecule has 0 bridgehead atoms. The number of phenols is 1. The molecule has 2 aliphatic rings. The second kappa shape index (κ2) is 11.7. The number of rotatable bonds is 5. The molecule has 198 valence electrons. The predicted molar refractivity (Wildman–Crippen MR) is 130 cm³/mol. The average Bonchev–Trinajstić information content (AvgIpc) is 3.57. The first-order valence-electron chi connectivity index (χ1n) is 12.0. The molecular weight excluding hydrogens is 497 g/mol. The minimum Gasteiger partial charge on any atom is -0.507 e. The van der Waals surface area contributed by atoms with Gasteiger partial charge in [0, 0.05) is 13.1 Å². The van der Waals surface area contributed by atoms with Crippen LogP contribution in [0.1, 0.15) is 59.7 Å². The van der Waals surface area contributed by atoms with Crippen LogP contribution in [0.4, 0.5) is 9.18 Å². The second-order valence-corrected chi connectivity index (χ2v) is 8.89. The van der Waals surface area contributed by atoms with E-state index in [-0.39, 0.29) is 35.5 Å². The lowest BCUT2D eigenvalue weighted by atomic mass is 10.0. The Morgan fingerprint density at radius 3 is 2.74 bits per heavy atom. The van der Waals surface area contributed by atoms with E-state index in [0.29, 0.717) is 18.2 Å². The quantitative estimate of drug-likeness (QED) is 0.455. The topological polar surface area (TPSA) is 162 Å². The van der Waals surface area contributed by atoms with Crippen molar-refractivity contribution in [2.45, 2.75) is 44.9 Å². The number of hydrogen-bond acceptors (Lipinski definition) is 9.